The smallest absolute Gasteiger partial charge is 0.284 e. The maximum atomic E-state index is 10.8. The third-order valence-electron chi connectivity index (χ3n) is 4.37. The Morgan fingerprint density at radius 3 is 2.63 bits per heavy atom. The van der Waals surface area contributed by atoms with Crippen LogP contribution in [0.5, 0.6) is 5.75 Å². The molecule has 6 N–H and O–H groups in total. The molecule has 30 heavy (non-hydrogen) atoms. The van der Waals surface area contributed by atoms with E-state index in [9.17, 15) is 38.5 Å². The Morgan fingerprint density at radius 1 is 1.27 bits per heavy atom. The summed E-state index contributed by atoms with van der Waals surface area (Å²) in [5.41, 5.74) is -0.233. The summed E-state index contributed by atoms with van der Waals surface area (Å²) in [5.74, 6) is 0.00783. The van der Waals surface area contributed by atoms with Crippen molar-refractivity contribution in [3.8, 4) is 5.75 Å². The van der Waals surface area contributed by atoms with Crippen molar-refractivity contribution in [1.29, 1.82) is 0 Å². The van der Waals surface area contributed by atoms with Gasteiger partial charge in [-0.05, 0) is 18.2 Å². The van der Waals surface area contributed by atoms with Crippen molar-refractivity contribution in [2.75, 3.05) is 6.61 Å². The number of fused-ring (bicyclic) bond motifs is 1. The van der Waals surface area contributed by atoms with Crippen molar-refractivity contribution in [3.63, 3.8) is 0 Å². The molecule has 1 aromatic carbocycles. The molecule has 1 fully saturated rings. The van der Waals surface area contributed by atoms with E-state index in [1.54, 1.807) is 18.2 Å². The van der Waals surface area contributed by atoms with Gasteiger partial charge in [0.1, 0.15) is 40.6 Å². The van der Waals surface area contributed by atoms with Gasteiger partial charge < -0.3 is 39.8 Å². The molecule has 1 saturated heterocycles. The van der Waals surface area contributed by atoms with Gasteiger partial charge >= 0.3 is 0 Å². The van der Waals surface area contributed by atoms with Crippen LogP contribution in [0, 0.1) is 0 Å². The van der Waals surface area contributed by atoms with Crippen LogP contribution in [-0.2, 0) is 25.8 Å². The molecule has 2 aromatic rings. The van der Waals surface area contributed by atoms with Crippen LogP contribution >= 0.6 is 11.8 Å². The van der Waals surface area contributed by atoms with E-state index in [1.807, 2.05) is 0 Å². The number of H-pyrrole nitrogens is 1. The molecule has 0 radical (unpaired) electrons. The minimum absolute atomic E-state index is 0.00783. The SMILES string of the molecule is O=S(=O)([O-])O/N=C(/Cc1cc2c(O)cccc2[nH]1)S[C@@H]1O[C@H](CO)[C@@H](O)[C@H](O)[C@H]1O. The maximum Gasteiger partial charge on any atom is 0.284 e. The van der Waals surface area contributed by atoms with E-state index in [0.717, 1.165) is 0 Å². The van der Waals surface area contributed by atoms with Crippen LogP contribution in [0.4, 0.5) is 0 Å². The number of phenols is 1. The van der Waals surface area contributed by atoms with Crippen LogP contribution in [0.3, 0.4) is 0 Å². The maximum absolute atomic E-state index is 10.8. The number of nitrogens with zero attached hydrogens (tertiary/aromatic N) is 1. The zero-order valence-electron chi connectivity index (χ0n) is 15.2. The van der Waals surface area contributed by atoms with E-state index in [0.29, 0.717) is 28.4 Å². The molecule has 0 unspecified atom stereocenters. The second-order valence-corrected chi connectivity index (χ2v) is 8.63. The van der Waals surface area contributed by atoms with Gasteiger partial charge in [0.2, 0.25) is 0 Å². The standard InChI is InChI=1S/C16H20N2O10S2/c19-6-11-13(21)14(22)15(23)16(27-11)29-12(18-28-30(24,25)26)5-7-4-8-9(17-7)2-1-3-10(8)20/h1-4,11,13-17,19-23H,5-6H2,(H,24,25,26)/p-1/b18-12-/t11-,13-,14+,15-,16+/m1/s1. The number of aromatic nitrogens is 1. The first-order valence-corrected chi connectivity index (χ1v) is 10.8. The highest BCUT2D eigenvalue weighted by Crippen LogP contribution is 2.31. The number of benzene rings is 1. The number of rotatable bonds is 6. The molecule has 0 spiro atoms. The number of aliphatic hydroxyl groups excluding tert-OH is 4. The summed E-state index contributed by atoms with van der Waals surface area (Å²) in [6, 6.07) is 6.35. The lowest BCUT2D eigenvalue weighted by atomic mass is 10.0. The molecule has 12 nitrogen and oxygen atoms in total. The molecule has 166 valence electrons. The van der Waals surface area contributed by atoms with Crippen LogP contribution in [0.1, 0.15) is 5.69 Å². The molecular weight excluding hydrogens is 444 g/mol. The van der Waals surface area contributed by atoms with Crippen molar-refractivity contribution in [2.24, 2.45) is 5.16 Å². The van der Waals surface area contributed by atoms with Crippen LogP contribution < -0.4 is 0 Å². The molecule has 0 saturated carbocycles. The fraction of sp³-hybridized carbons (Fsp3) is 0.438. The van der Waals surface area contributed by atoms with Gasteiger partial charge in [-0.3, -0.25) is 4.28 Å². The Labute approximate surface area is 174 Å². The summed E-state index contributed by atoms with van der Waals surface area (Å²) in [6.45, 7) is -0.652. The largest absolute Gasteiger partial charge is 0.714 e. The van der Waals surface area contributed by atoms with Gasteiger partial charge in [0.15, 0.2) is 0 Å². The van der Waals surface area contributed by atoms with Crippen molar-refractivity contribution in [2.45, 2.75) is 36.3 Å². The minimum atomic E-state index is -5.17. The number of phenolic OH excluding ortho intramolecular Hbond substituents is 1. The third kappa shape index (κ3) is 5.22. The number of nitrogens with one attached hydrogen (secondary N) is 1. The van der Waals surface area contributed by atoms with Gasteiger partial charge in [-0.15, -0.1) is 0 Å². The van der Waals surface area contributed by atoms with Gasteiger partial charge in [-0.1, -0.05) is 23.0 Å². The molecule has 14 heteroatoms. The second-order valence-electron chi connectivity index (χ2n) is 6.49. The molecular formula is C16H19N2O10S2-. The Bertz CT molecular complexity index is 1020. The Morgan fingerprint density at radius 2 is 2.00 bits per heavy atom. The van der Waals surface area contributed by atoms with Crippen molar-refractivity contribution < 1.29 is 47.5 Å². The zero-order chi connectivity index (χ0) is 22.1. The van der Waals surface area contributed by atoms with Gasteiger partial charge in [0.05, 0.1) is 6.61 Å². The zero-order valence-corrected chi connectivity index (χ0v) is 16.8. The highest BCUT2D eigenvalue weighted by Gasteiger charge is 2.44. The number of oxime groups is 1. The first-order chi connectivity index (χ1) is 14.1. The summed E-state index contributed by atoms with van der Waals surface area (Å²) in [6.07, 6.45) is -6.14. The monoisotopic (exact) mass is 463 g/mol. The molecule has 2 heterocycles. The Balaban J connectivity index is 1.86. The summed E-state index contributed by atoms with van der Waals surface area (Å²) < 4.78 is 41.7. The highest BCUT2D eigenvalue weighted by molar-refractivity contribution is 8.14. The topological polar surface area (TPSA) is 205 Å². The third-order valence-corrected chi connectivity index (χ3v) is 5.74. The summed E-state index contributed by atoms with van der Waals surface area (Å²) >= 11 is 0.633. The molecule has 1 aliphatic rings. The van der Waals surface area contributed by atoms with Gasteiger partial charge in [-0.2, -0.15) is 8.42 Å². The molecule has 0 aliphatic carbocycles. The number of aromatic hydroxyl groups is 1. The lowest BCUT2D eigenvalue weighted by Gasteiger charge is -2.39. The van der Waals surface area contributed by atoms with Crippen molar-refractivity contribution in [1.82, 2.24) is 4.98 Å². The number of aromatic amines is 1. The highest BCUT2D eigenvalue weighted by atomic mass is 32.3. The molecule has 1 aromatic heterocycles. The van der Waals surface area contributed by atoms with E-state index in [-0.39, 0.29) is 17.2 Å². The van der Waals surface area contributed by atoms with E-state index in [1.165, 1.54) is 6.07 Å². The van der Waals surface area contributed by atoms with Crippen LogP contribution in [0.2, 0.25) is 0 Å². The number of thioether (sulfide) groups is 1. The van der Waals surface area contributed by atoms with Crippen LogP contribution in [0.25, 0.3) is 10.9 Å². The van der Waals surface area contributed by atoms with Gasteiger partial charge in [0.25, 0.3) is 10.4 Å². The van der Waals surface area contributed by atoms with Crippen molar-refractivity contribution in [3.05, 3.63) is 30.0 Å². The van der Waals surface area contributed by atoms with Crippen LogP contribution in [-0.4, -0.2) is 85.0 Å². The molecule has 1 aliphatic heterocycles. The lowest BCUT2D eigenvalue weighted by Crippen LogP contribution is -2.57. The Kier molecular flexibility index (Phi) is 6.88. The van der Waals surface area contributed by atoms with Gasteiger partial charge in [0, 0.05) is 23.0 Å². The number of aliphatic hydroxyl groups is 4. The predicted molar refractivity (Wildman–Crippen MR) is 103 cm³/mol. The lowest BCUT2D eigenvalue weighted by molar-refractivity contribution is -0.205. The normalized spacial score (nSPS) is 28.0. The van der Waals surface area contributed by atoms with Gasteiger partial charge in [-0.25, -0.2) is 0 Å². The average molecular weight is 463 g/mol. The van der Waals surface area contributed by atoms with Crippen molar-refractivity contribution >= 4 is 38.1 Å². The summed E-state index contributed by atoms with van der Waals surface area (Å²) in [7, 11) is -5.17. The molecule has 3 rings (SSSR count). The minimum Gasteiger partial charge on any atom is -0.714 e. The first kappa shape index (κ1) is 22.8. The van der Waals surface area contributed by atoms with Crippen LogP contribution in [0.15, 0.2) is 29.4 Å². The average Bonchev–Trinajstić information content (AvgIpc) is 3.10. The number of ether oxygens (including phenoxy) is 1. The molecule has 0 amide bonds. The summed E-state index contributed by atoms with van der Waals surface area (Å²) in [4.78, 5) is 2.98. The number of hydrogen-bond acceptors (Lipinski definition) is 12. The fourth-order valence-electron chi connectivity index (χ4n) is 2.94. The fourth-order valence-corrected chi connectivity index (χ4v) is 4.25. The first-order valence-electron chi connectivity index (χ1n) is 8.57. The van der Waals surface area contributed by atoms with E-state index >= 15 is 0 Å². The molecule has 5 atom stereocenters. The van der Waals surface area contributed by atoms with E-state index < -0.39 is 46.9 Å². The Hall–Kier alpha value is -1.91. The quantitative estimate of drug-likeness (QED) is 0.0980. The second kappa shape index (κ2) is 9.07. The molecule has 0 bridgehead atoms. The predicted octanol–water partition coefficient (Wildman–Crippen LogP) is -1.26. The van der Waals surface area contributed by atoms with E-state index in [4.69, 9.17) is 4.74 Å². The number of hydrogen-bond donors (Lipinski definition) is 6. The summed E-state index contributed by atoms with van der Waals surface area (Å²) in [5, 5.41) is 52.8. The van der Waals surface area contributed by atoms with E-state index in [2.05, 4.69) is 14.4 Å².